The summed E-state index contributed by atoms with van der Waals surface area (Å²) in [7, 11) is 0. The number of hydrogen-bond acceptors (Lipinski definition) is 0. The van der Waals surface area contributed by atoms with E-state index in [0.717, 1.165) is 11.8 Å². The van der Waals surface area contributed by atoms with Gasteiger partial charge < -0.3 is 0 Å². The molecule has 0 saturated heterocycles. The zero-order chi connectivity index (χ0) is 10.2. The average molecular weight is 268 g/mol. The van der Waals surface area contributed by atoms with Gasteiger partial charge in [0.05, 0.1) is 0 Å². The molecule has 0 N–H and O–H groups in total. The second-order valence-electron chi connectivity index (χ2n) is 5.49. The maximum absolute atomic E-state index is 2.36. The summed E-state index contributed by atoms with van der Waals surface area (Å²) in [6, 6.07) is 0. The average Bonchev–Trinajstić information content (AvgIpc) is 2.21. The van der Waals surface area contributed by atoms with E-state index >= 15 is 0 Å². The van der Waals surface area contributed by atoms with Gasteiger partial charge in [0.2, 0.25) is 0 Å². The van der Waals surface area contributed by atoms with Gasteiger partial charge in [0.1, 0.15) is 0 Å². The highest BCUT2D eigenvalue weighted by molar-refractivity contribution is 4.60. The Morgan fingerprint density at radius 2 is 0.722 bits per heavy atom. The fraction of sp³-hybridized carbons (Fsp3) is 1.00. The lowest BCUT2D eigenvalue weighted by atomic mass is 9.91. The van der Waals surface area contributed by atoms with E-state index in [0.29, 0.717) is 0 Å². The zero-order valence-corrected chi connectivity index (χ0v) is 11.0. The van der Waals surface area contributed by atoms with Crippen LogP contribution in [0.3, 0.4) is 0 Å². The minimum absolute atomic E-state index is 0. The van der Waals surface area contributed by atoms with E-state index < -0.39 is 0 Å². The molecule has 0 heterocycles. The van der Waals surface area contributed by atoms with E-state index in [9.17, 15) is 0 Å². The maximum Gasteiger partial charge on any atom is -0.0443 e. The first-order valence-corrected chi connectivity index (χ1v) is 6.79. The molecule has 0 bridgehead atoms. The van der Waals surface area contributed by atoms with Crippen LogP contribution in [-0.4, -0.2) is 0 Å². The number of hydrogen-bond donors (Lipinski definition) is 0. The van der Waals surface area contributed by atoms with Crippen LogP contribution in [0.5, 0.6) is 0 Å². The molecule has 0 radical (unpaired) electrons. The maximum atomic E-state index is 2.36. The van der Waals surface area contributed by atoms with Crippen LogP contribution >= 0.6 is 0 Å². The van der Waals surface area contributed by atoms with Crippen LogP contribution in [0.4, 0.5) is 9.41 Å². The monoisotopic (exact) mass is 268 g/mol. The molecule has 0 aliphatic heterocycles. The standard InChI is InChI=1S/2C7H14.2CH4.2FH/c2*1-7-5-3-2-4-6-7;;;;/h2*7H,2-6H2,1H3;2*1H4;2*1H. The van der Waals surface area contributed by atoms with E-state index in [4.69, 9.17) is 0 Å². The summed E-state index contributed by atoms with van der Waals surface area (Å²) in [6.45, 7) is 4.72. The van der Waals surface area contributed by atoms with Crippen LogP contribution in [0.25, 0.3) is 0 Å². The van der Waals surface area contributed by atoms with Crippen molar-refractivity contribution in [2.24, 2.45) is 11.8 Å². The highest BCUT2D eigenvalue weighted by Crippen LogP contribution is 2.22. The molecule has 2 rings (SSSR count). The highest BCUT2D eigenvalue weighted by atomic mass is 19.0. The normalized spacial score (nSPS) is 19.7. The molecule has 0 spiro atoms. The van der Waals surface area contributed by atoms with Gasteiger partial charge in [-0.1, -0.05) is 92.9 Å². The van der Waals surface area contributed by atoms with Gasteiger partial charge in [-0.25, -0.2) is 0 Å². The number of rotatable bonds is 0. The fourth-order valence-electron chi connectivity index (χ4n) is 2.61. The third kappa shape index (κ3) is 13.9. The van der Waals surface area contributed by atoms with Gasteiger partial charge in [0.15, 0.2) is 0 Å². The fourth-order valence-corrected chi connectivity index (χ4v) is 2.61. The summed E-state index contributed by atoms with van der Waals surface area (Å²) in [5.41, 5.74) is 0. The van der Waals surface area contributed by atoms with Crippen molar-refractivity contribution in [1.29, 1.82) is 0 Å². The Bertz CT molecular complexity index is 109. The molecule has 2 heteroatoms. The van der Waals surface area contributed by atoms with Crippen LogP contribution in [0.2, 0.25) is 0 Å². The Hall–Kier alpha value is -0.140. The SMILES string of the molecule is C.C.CC1CCCCC1.CC1CCCCC1.F.F. The third-order valence-electron chi connectivity index (χ3n) is 3.79. The molecule has 2 fully saturated rings. The molecule has 0 unspecified atom stereocenters. The van der Waals surface area contributed by atoms with Crippen molar-refractivity contribution in [1.82, 2.24) is 0 Å². The van der Waals surface area contributed by atoms with Crippen molar-refractivity contribution in [2.45, 2.75) is 92.9 Å². The summed E-state index contributed by atoms with van der Waals surface area (Å²) < 4.78 is 0. The number of halogens is 2. The van der Waals surface area contributed by atoms with Crippen LogP contribution in [0.1, 0.15) is 92.9 Å². The van der Waals surface area contributed by atoms with Gasteiger partial charge in [-0.2, -0.15) is 0 Å². The van der Waals surface area contributed by atoms with Crippen molar-refractivity contribution >= 4 is 0 Å². The van der Waals surface area contributed by atoms with Crippen LogP contribution in [0, 0.1) is 11.8 Å². The van der Waals surface area contributed by atoms with E-state index in [1.165, 1.54) is 64.2 Å². The Morgan fingerprint density at radius 3 is 0.833 bits per heavy atom. The molecule has 0 aromatic heterocycles. The third-order valence-corrected chi connectivity index (χ3v) is 3.79. The Morgan fingerprint density at radius 1 is 0.500 bits per heavy atom. The molecule has 116 valence electrons. The molecule has 0 aromatic carbocycles. The summed E-state index contributed by atoms with van der Waals surface area (Å²) in [4.78, 5) is 0. The zero-order valence-electron chi connectivity index (χ0n) is 11.0. The van der Waals surface area contributed by atoms with E-state index in [1.54, 1.807) is 0 Å². The quantitative estimate of drug-likeness (QED) is 0.456. The van der Waals surface area contributed by atoms with Gasteiger partial charge in [-0.15, -0.1) is 0 Å². The lowest BCUT2D eigenvalue weighted by molar-refractivity contribution is 0.385. The molecular weight excluding hydrogens is 230 g/mol. The predicted octanol–water partition coefficient (Wildman–Crippen LogP) is 6.75. The Labute approximate surface area is 115 Å². The lowest BCUT2D eigenvalue weighted by Crippen LogP contribution is -1.99. The minimum atomic E-state index is 0. The second kappa shape index (κ2) is 16.9. The van der Waals surface area contributed by atoms with Crippen molar-refractivity contribution in [3.63, 3.8) is 0 Å². The van der Waals surface area contributed by atoms with Gasteiger partial charge in [-0.3, -0.25) is 9.41 Å². The first-order valence-electron chi connectivity index (χ1n) is 6.79. The first-order chi connectivity index (χ1) is 6.79. The molecule has 0 amide bonds. The van der Waals surface area contributed by atoms with Gasteiger partial charge >= 0.3 is 0 Å². The van der Waals surface area contributed by atoms with Gasteiger partial charge in [0, 0.05) is 0 Å². The highest BCUT2D eigenvalue weighted by Gasteiger charge is 2.06. The minimum Gasteiger partial charge on any atom is -0.269 e. The van der Waals surface area contributed by atoms with Crippen molar-refractivity contribution in [2.75, 3.05) is 0 Å². The molecular formula is C16H38F2. The first kappa shape index (κ1) is 26.4. The Balaban J connectivity index is -0.0000000891. The Kier molecular flexibility index (Phi) is 24.8. The summed E-state index contributed by atoms with van der Waals surface area (Å²) in [5.74, 6) is 2.07. The van der Waals surface area contributed by atoms with E-state index in [-0.39, 0.29) is 24.3 Å². The van der Waals surface area contributed by atoms with Crippen molar-refractivity contribution in [3.05, 3.63) is 0 Å². The van der Waals surface area contributed by atoms with E-state index in [2.05, 4.69) is 13.8 Å². The van der Waals surface area contributed by atoms with Crippen LogP contribution in [-0.2, 0) is 0 Å². The molecule has 0 aromatic rings. The van der Waals surface area contributed by atoms with Gasteiger partial charge in [0.25, 0.3) is 0 Å². The van der Waals surface area contributed by atoms with Crippen LogP contribution in [0.15, 0.2) is 0 Å². The largest absolute Gasteiger partial charge is 0.269 e. The second-order valence-corrected chi connectivity index (χ2v) is 5.49. The van der Waals surface area contributed by atoms with Crippen LogP contribution < -0.4 is 0 Å². The summed E-state index contributed by atoms with van der Waals surface area (Å²) in [5, 5.41) is 0. The molecule has 0 nitrogen and oxygen atoms in total. The summed E-state index contributed by atoms with van der Waals surface area (Å²) in [6.07, 6.45) is 14.9. The van der Waals surface area contributed by atoms with E-state index in [1.807, 2.05) is 0 Å². The molecule has 18 heavy (non-hydrogen) atoms. The smallest absolute Gasteiger partial charge is 0.0443 e. The molecule has 2 aliphatic carbocycles. The molecule has 2 saturated carbocycles. The predicted molar refractivity (Wildman–Crippen MR) is 83.0 cm³/mol. The summed E-state index contributed by atoms with van der Waals surface area (Å²) >= 11 is 0. The molecule has 2 aliphatic rings. The topological polar surface area (TPSA) is 0 Å². The van der Waals surface area contributed by atoms with Crippen molar-refractivity contribution < 1.29 is 9.41 Å². The molecule has 0 atom stereocenters. The van der Waals surface area contributed by atoms with Gasteiger partial charge in [-0.05, 0) is 11.8 Å². The van der Waals surface area contributed by atoms with Crippen molar-refractivity contribution in [3.8, 4) is 0 Å². The lowest BCUT2D eigenvalue weighted by Gasteiger charge is -2.15.